The number of furan rings is 1. The van der Waals surface area contributed by atoms with Gasteiger partial charge in [-0.3, -0.25) is 0 Å². The highest BCUT2D eigenvalue weighted by molar-refractivity contribution is 6.38. The zero-order valence-corrected chi connectivity index (χ0v) is 23.6. The van der Waals surface area contributed by atoms with Gasteiger partial charge in [-0.25, -0.2) is 0 Å². The summed E-state index contributed by atoms with van der Waals surface area (Å²) < 4.78 is 8.93. The molecule has 0 N–H and O–H groups in total. The molecular weight excluding hydrogens is 534 g/mol. The first kappa shape index (κ1) is 22.7. The first-order valence-electron chi connectivity index (χ1n) is 15.2. The van der Waals surface area contributed by atoms with Crippen LogP contribution < -0.4 is 0 Å². The SMILES string of the molecule is c1ccc2c(c1)-c1cccc3c1c-2cc1c3c2c3ccccc3c3ccccc3c2n1-c1ccc2c(c1)oc1ccccc12. The lowest BCUT2D eigenvalue weighted by Gasteiger charge is -2.12. The number of aromatic nitrogens is 1. The maximum atomic E-state index is 6.43. The van der Waals surface area contributed by atoms with Crippen LogP contribution in [0.4, 0.5) is 0 Å². The fraction of sp³-hybridized carbons (Fsp3) is 0. The van der Waals surface area contributed by atoms with Crippen LogP contribution in [0.25, 0.3) is 104 Å². The summed E-state index contributed by atoms with van der Waals surface area (Å²) in [6.07, 6.45) is 0. The molecule has 202 valence electrons. The molecule has 0 bridgehead atoms. The van der Waals surface area contributed by atoms with Gasteiger partial charge >= 0.3 is 0 Å². The lowest BCUT2D eigenvalue weighted by molar-refractivity contribution is 0.668. The third-order valence-electron chi connectivity index (χ3n) is 9.89. The zero-order chi connectivity index (χ0) is 28.5. The van der Waals surface area contributed by atoms with Crippen molar-refractivity contribution in [3.63, 3.8) is 0 Å². The van der Waals surface area contributed by atoms with Crippen LogP contribution in [0.5, 0.6) is 0 Å². The van der Waals surface area contributed by atoms with E-state index in [0.29, 0.717) is 0 Å². The second-order valence-corrected chi connectivity index (χ2v) is 12.0. The Morgan fingerprint density at radius 2 is 0.977 bits per heavy atom. The van der Waals surface area contributed by atoms with Crippen molar-refractivity contribution >= 4 is 76.1 Å². The molecule has 0 atom stereocenters. The monoisotopic (exact) mass is 557 g/mol. The van der Waals surface area contributed by atoms with Crippen molar-refractivity contribution in [2.75, 3.05) is 0 Å². The number of hydrogen-bond donors (Lipinski definition) is 0. The zero-order valence-electron chi connectivity index (χ0n) is 23.6. The predicted molar refractivity (Wildman–Crippen MR) is 185 cm³/mol. The normalized spacial score (nSPS) is 12.5. The van der Waals surface area contributed by atoms with Crippen molar-refractivity contribution < 1.29 is 4.42 Å². The predicted octanol–water partition coefficient (Wildman–Crippen LogP) is 11.8. The molecular formula is C42H23NO. The minimum absolute atomic E-state index is 0.904. The highest BCUT2D eigenvalue weighted by Crippen LogP contribution is 2.52. The van der Waals surface area contributed by atoms with Crippen molar-refractivity contribution in [2.45, 2.75) is 0 Å². The van der Waals surface area contributed by atoms with Gasteiger partial charge in [-0.1, -0.05) is 109 Å². The topological polar surface area (TPSA) is 18.1 Å². The smallest absolute Gasteiger partial charge is 0.137 e. The maximum Gasteiger partial charge on any atom is 0.137 e. The first-order valence-corrected chi connectivity index (χ1v) is 15.2. The van der Waals surface area contributed by atoms with Gasteiger partial charge in [-0.2, -0.15) is 0 Å². The van der Waals surface area contributed by atoms with Crippen molar-refractivity contribution in [3.8, 4) is 27.9 Å². The van der Waals surface area contributed by atoms with Crippen LogP contribution >= 0.6 is 0 Å². The van der Waals surface area contributed by atoms with E-state index in [1.165, 1.54) is 76.4 Å². The summed E-state index contributed by atoms with van der Waals surface area (Å²) in [4.78, 5) is 0. The average molecular weight is 558 g/mol. The van der Waals surface area contributed by atoms with Crippen molar-refractivity contribution in [1.29, 1.82) is 0 Å². The van der Waals surface area contributed by atoms with Gasteiger partial charge < -0.3 is 8.98 Å². The first-order chi connectivity index (χ1) is 21.8. The Balaban J connectivity index is 1.42. The van der Waals surface area contributed by atoms with Crippen LogP contribution in [0.3, 0.4) is 0 Å². The van der Waals surface area contributed by atoms with Gasteiger partial charge in [0.1, 0.15) is 11.2 Å². The minimum Gasteiger partial charge on any atom is -0.456 e. The van der Waals surface area contributed by atoms with Gasteiger partial charge in [0.05, 0.1) is 11.0 Å². The molecule has 2 aromatic heterocycles. The quantitative estimate of drug-likeness (QED) is 0.184. The summed E-state index contributed by atoms with van der Waals surface area (Å²) in [5.74, 6) is 0. The van der Waals surface area contributed by atoms with Crippen LogP contribution in [0.15, 0.2) is 144 Å². The van der Waals surface area contributed by atoms with E-state index in [2.05, 4.69) is 138 Å². The van der Waals surface area contributed by atoms with Crippen molar-refractivity contribution in [3.05, 3.63) is 140 Å². The molecule has 10 aromatic rings. The molecule has 1 aliphatic carbocycles. The molecule has 2 heteroatoms. The van der Waals surface area contributed by atoms with Gasteiger partial charge in [-0.05, 0) is 73.5 Å². The summed E-state index contributed by atoms with van der Waals surface area (Å²) in [5, 5.41) is 12.7. The minimum atomic E-state index is 0.904. The Morgan fingerprint density at radius 3 is 1.82 bits per heavy atom. The Kier molecular flexibility index (Phi) is 4.10. The highest BCUT2D eigenvalue weighted by atomic mass is 16.3. The molecule has 0 radical (unpaired) electrons. The Bertz CT molecular complexity index is 2880. The molecule has 0 unspecified atom stereocenters. The fourth-order valence-electron chi connectivity index (χ4n) is 8.15. The van der Waals surface area contributed by atoms with E-state index in [1.54, 1.807) is 0 Å². The second-order valence-electron chi connectivity index (χ2n) is 12.0. The Morgan fingerprint density at radius 1 is 0.364 bits per heavy atom. The van der Waals surface area contributed by atoms with Gasteiger partial charge in [-0.15, -0.1) is 0 Å². The number of hydrogen-bond acceptors (Lipinski definition) is 1. The summed E-state index contributed by atoms with van der Waals surface area (Å²) in [6.45, 7) is 0. The number of fused-ring (bicyclic) bond motifs is 15. The van der Waals surface area contributed by atoms with Crippen LogP contribution in [0.2, 0.25) is 0 Å². The second kappa shape index (κ2) is 7.94. The van der Waals surface area contributed by atoms with E-state index in [1.807, 2.05) is 6.07 Å². The summed E-state index contributed by atoms with van der Waals surface area (Å²) in [7, 11) is 0. The lowest BCUT2D eigenvalue weighted by atomic mass is 9.94. The summed E-state index contributed by atoms with van der Waals surface area (Å²) in [6, 6.07) is 51.0. The van der Waals surface area contributed by atoms with Gasteiger partial charge in [0, 0.05) is 38.7 Å². The van der Waals surface area contributed by atoms with E-state index in [9.17, 15) is 0 Å². The van der Waals surface area contributed by atoms with Crippen LogP contribution in [-0.4, -0.2) is 4.57 Å². The molecule has 0 aliphatic heterocycles. The van der Waals surface area contributed by atoms with Crippen LogP contribution in [0, 0.1) is 0 Å². The maximum absolute atomic E-state index is 6.43. The van der Waals surface area contributed by atoms with Crippen LogP contribution in [0.1, 0.15) is 0 Å². The largest absolute Gasteiger partial charge is 0.456 e. The van der Waals surface area contributed by atoms with Crippen molar-refractivity contribution in [2.24, 2.45) is 0 Å². The summed E-state index contributed by atoms with van der Waals surface area (Å²) >= 11 is 0. The number of benzene rings is 8. The van der Waals surface area contributed by atoms with E-state index in [0.717, 1.165) is 27.6 Å². The number of nitrogens with zero attached hydrogens (tertiary/aromatic N) is 1. The Labute approximate surface area is 252 Å². The van der Waals surface area contributed by atoms with Crippen LogP contribution in [-0.2, 0) is 0 Å². The molecule has 0 amide bonds. The molecule has 2 heterocycles. The molecule has 11 rings (SSSR count). The van der Waals surface area contributed by atoms with E-state index < -0.39 is 0 Å². The molecule has 8 aromatic carbocycles. The molecule has 0 spiro atoms. The van der Waals surface area contributed by atoms with Gasteiger partial charge in [0.15, 0.2) is 0 Å². The molecule has 44 heavy (non-hydrogen) atoms. The number of para-hydroxylation sites is 1. The molecule has 0 saturated carbocycles. The molecule has 0 fully saturated rings. The highest BCUT2D eigenvalue weighted by Gasteiger charge is 2.27. The number of rotatable bonds is 1. The lowest BCUT2D eigenvalue weighted by Crippen LogP contribution is -1.95. The van der Waals surface area contributed by atoms with E-state index >= 15 is 0 Å². The van der Waals surface area contributed by atoms with Gasteiger partial charge in [0.2, 0.25) is 0 Å². The van der Waals surface area contributed by atoms with E-state index in [4.69, 9.17) is 4.42 Å². The fourth-order valence-corrected chi connectivity index (χ4v) is 8.15. The molecule has 0 saturated heterocycles. The molecule has 1 aliphatic rings. The Hall–Kier alpha value is -5.86. The van der Waals surface area contributed by atoms with E-state index in [-0.39, 0.29) is 0 Å². The third-order valence-corrected chi connectivity index (χ3v) is 9.89. The third kappa shape index (κ3) is 2.68. The summed E-state index contributed by atoms with van der Waals surface area (Å²) in [5.41, 5.74) is 10.6. The van der Waals surface area contributed by atoms with Crippen molar-refractivity contribution in [1.82, 2.24) is 4.57 Å². The average Bonchev–Trinajstić information content (AvgIpc) is 3.74. The molecule has 2 nitrogen and oxygen atoms in total. The standard InChI is InChI=1S/C42H23NO/c1-2-13-28-26(11-1)31-17-9-18-34-39(31)35(28)23-36-40(34)41-32-15-5-3-10-25(32)27-12-4-6-16-33(27)42(41)43(36)24-20-21-30-29-14-7-8-19-37(29)44-38(30)22-24/h1-23H. The van der Waals surface area contributed by atoms with Gasteiger partial charge in [0.25, 0.3) is 0 Å².